The molecule has 0 spiro atoms. The normalized spacial score (nSPS) is 12.2. The molecule has 98 valence electrons. The Balaban J connectivity index is 2.23. The third kappa shape index (κ3) is 2.97. The molecule has 2 rings (SSSR count). The van der Waals surface area contributed by atoms with Gasteiger partial charge in [0.15, 0.2) is 0 Å². The molecule has 0 aliphatic carbocycles. The van der Waals surface area contributed by atoms with Crippen LogP contribution in [0.5, 0.6) is 0 Å². The van der Waals surface area contributed by atoms with Crippen molar-refractivity contribution in [1.82, 2.24) is 4.31 Å². The van der Waals surface area contributed by atoms with Crippen molar-refractivity contribution < 1.29 is 8.42 Å². The molecule has 0 aromatic carbocycles. The smallest absolute Gasteiger partial charge is 0.206 e. The van der Waals surface area contributed by atoms with E-state index in [1.807, 2.05) is 6.07 Å². The van der Waals surface area contributed by atoms with Gasteiger partial charge in [-0.3, -0.25) is 0 Å². The van der Waals surface area contributed by atoms with Crippen molar-refractivity contribution in [3.8, 4) is 0 Å². The highest BCUT2D eigenvalue weighted by Crippen LogP contribution is 2.31. The minimum Gasteiger partial charge on any atom is -0.206 e. The Bertz CT molecular complexity index is 650. The molecule has 18 heavy (non-hydrogen) atoms. The second-order valence-electron chi connectivity index (χ2n) is 3.52. The summed E-state index contributed by atoms with van der Waals surface area (Å²) >= 11 is 11.7. The van der Waals surface area contributed by atoms with Gasteiger partial charge in [0.05, 0.1) is 4.34 Å². The van der Waals surface area contributed by atoms with E-state index in [2.05, 4.69) is 15.9 Å². The molecule has 0 amide bonds. The molecule has 2 aromatic rings. The van der Waals surface area contributed by atoms with Gasteiger partial charge in [-0.25, -0.2) is 8.42 Å². The third-order valence-corrected chi connectivity index (χ3v) is 7.90. The highest BCUT2D eigenvalue weighted by molar-refractivity contribution is 9.10. The van der Waals surface area contributed by atoms with Crippen LogP contribution in [0.25, 0.3) is 0 Å². The van der Waals surface area contributed by atoms with Crippen molar-refractivity contribution in [2.75, 3.05) is 7.05 Å². The predicted molar refractivity (Wildman–Crippen MR) is 80.0 cm³/mol. The zero-order chi connectivity index (χ0) is 13.3. The second-order valence-corrected chi connectivity index (χ2v) is 9.33. The van der Waals surface area contributed by atoms with E-state index >= 15 is 0 Å². The van der Waals surface area contributed by atoms with Crippen LogP contribution in [0.2, 0.25) is 4.34 Å². The first-order valence-electron chi connectivity index (χ1n) is 4.85. The Kier molecular flexibility index (Phi) is 4.51. The number of sulfonamides is 1. The standard InChI is InChI=1S/C10H9BrClNO2S3/c1-13(6-7-2-3-9(12)17-7)18(14,15)10-8(11)4-5-16-10/h2-5H,6H2,1H3. The van der Waals surface area contributed by atoms with Crippen LogP contribution in [-0.2, 0) is 16.6 Å². The molecular formula is C10H9BrClNO2S3. The maximum atomic E-state index is 12.3. The molecular weight excluding hydrogens is 378 g/mol. The van der Waals surface area contributed by atoms with Gasteiger partial charge in [0, 0.05) is 22.9 Å². The van der Waals surface area contributed by atoms with Crippen LogP contribution in [0.4, 0.5) is 0 Å². The largest absolute Gasteiger partial charge is 0.253 e. The van der Waals surface area contributed by atoms with Crippen molar-refractivity contribution >= 4 is 60.2 Å². The molecule has 0 aliphatic rings. The lowest BCUT2D eigenvalue weighted by Crippen LogP contribution is -2.25. The Morgan fingerprint density at radius 3 is 2.61 bits per heavy atom. The average Bonchev–Trinajstić information content (AvgIpc) is 2.87. The van der Waals surface area contributed by atoms with Crippen LogP contribution < -0.4 is 0 Å². The van der Waals surface area contributed by atoms with E-state index in [1.54, 1.807) is 24.6 Å². The zero-order valence-electron chi connectivity index (χ0n) is 9.26. The van der Waals surface area contributed by atoms with Crippen molar-refractivity contribution in [3.05, 3.63) is 37.3 Å². The van der Waals surface area contributed by atoms with E-state index in [-0.39, 0.29) is 0 Å². The summed E-state index contributed by atoms with van der Waals surface area (Å²) in [6.07, 6.45) is 0. The molecule has 0 fully saturated rings. The molecule has 0 saturated carbocycles. The van der Waals surface area contributed by atoms with Crippen LogP contribution in [0, 0.1) is 0 Å². The highest BCUT2D eigenvalue weighted by atomic mass is 79.9. The van der Waals surface area contributed by atoms with E-state index in [0.29, 0.717) is 19.6 Å². The first-order valence-corrected chi connectivity index (χ1v) is 9.15. The SMILES string of the molecule is CN(Cc1ccc(Cl)s1)S(=O)(=O)c1sccc1Br. The molecule has 0 aliphatic heterocycles. The van der Waals surface area contributed by atoms with Crippen LogP contribution >= 0.6 is 50.2 Å². The van der Waals surface area contributed by atoms with Gasteiger partial charge in [-0.05, 0) is 39.5 Å². The van der Waals surface area contributed by atoms with E-state index in [0.717, 1.165) is 4.88 Å². The van der Waals surface area contributed by atoms with Gasteiger partial charge in [-0.1, -0.05) is 11.6 Å². The number of nitrogens with zero attached hydrogens (tertiary/aromatic N) is 1. The zero-order valence-corrected chi connectivity index (χ0v) is 14.1. The summed E-state index contributed by atoms with van der Waals surface area (Å²) in [6, 6.07) is 5.33. The summed E-state index contributed by atoms with van der Waals surface area (Å²) < 4.78 is 27.5. The van der Waals surface area contributed by atoms with E-state index in [1.165, 1.54) is 27.0 Å². The molecule has 0 saturated heterocycles. The van der Waals surface area contributed by atoms with Gasteiger partial charge in [0.25, 0.3) is 10.0 Å². The Morgan fingerprint density at radius 1 is 1.39 bits per heavy atom. The first kappa shape index (κ1) is 14.5. The maximum Gasteiger partial charge on any atom is 0.253 e. The fourth-order valence-electron chi connectivity index (χ4n) is 1.35. The molecule has 0 N–H and O–H groups in total. The lowest BCUT2D eigenvalue weighted by molar-refractivity contribution is 0.471. The molecule has 2 aromatic heterocycles. The highest BCUT2D eigenvalue weighted by Gasteiger charge is 2.25. The monoisotopic (exact) mass is 385 g/mol. The van der Waals surface area contributed by atoms with E-state index in [4.69, 9.17) is 11.6 Å². The lowest BCUT2D eigenvalue weighted by Gasteiger charge is -2.15. The molecule has 0 bridgehead atoms. The van der Waals surface area contributed by atoms with Gasteiger partial charge < -0.3 is 0 Å². The lowest BCUT2D eigenvalue weighted by atomic mass is 10.5. The van der Waals surface area contributed by atoms with Gasteiger partial charge in [0.2, 0.25) is 0 Å². The number of hydrogen-bond acceptors (Lipinski definition) is 4. The average molecular weight is 387 g/mol. The molecule has 2 heterocycles. The summed E-state index contributed by atoms with van der Waals surface area (Å²) in [5.74, 6) is 0. The molecule has 0 unspecified atom stereocenters. The molecule has 3 nitrogen and oxygen atoms in total. The van der Waals surface area contributed by atoms with Crippen LogP contribution in [0.1, 0.15) is 4.88 Å². The van der Waals surface area contributed by atoms with Crippen molar-refractivity contribution in [2.45, 2.75) is 10.8 Å². The van der Waals surface area contributed by atoms with Gasteiger partial charge >= 0.3 is 0 Å². The third-order valence-electron chi connectivity index (χ3n) is 2.24. The van der Waals surface area contributed by atoms with Gasteiger partial charge in [0.1, 0.15) is 4.21 Å². The number of hydrogen-bond donors (Lipinski definition) is 0. The summed E-state index contributed by atoms with van der Waals surface area (Å²) in [7, 11) is -1.88. The van der Waals surface area contributed by atoms with Crippen LogP contribution in [0.15, 0.2) is 32.3 Å². The Hall–Kier alpha value is 0.0800. The molecule has 8 heteroatoms. The second kappa shape index (κ2) is 5.60. The summed E-state index contributed by atoms with van der Waals surface area (Å²) in [5, 5.41) is 1.74. The number of thiophene rings is 2. The van der Waals surface area contributed by atoms with Crippen molar-refractivity contribution in [1.29, 1.82) is 0 Å². The van der Waals surface area contributed by atoms with Crippen molar-refractivity contribution in [3.63, 3.8) is 0 Å². The Labute approximate surface area is 127 Å². The van der Waals surface area contributed by atoms with Crippen molar-refractivity contribution in [2.24, 2.45) is 0 Å². The molecule has 0 atom stereocenters. The summed E-state index contributed by atoms with van der Waals surface area (Å²) in [5.41, 5.74) is 0. The van der Waals surface area contributed by atoms with E-state index in [9.17, 15) is 8.42 Å². The van der Waals surface area contributed by atoms with E-state index < -0.39 is 10.0 Å². The quantitative estimate of drug-likeness (QED) is 0.795. The maximum absolute atomic E-state index is 12.3. The summed E-state index contributed by atoms with van der Waals surface area (Å²) in [4.78, 5) is 0.916. The fourth-order valence-corrected chi connectivity index (χ4v) is 6.22. The van der Waals surface area contributed by atoms with Gasteiger partial charge in [-0.15, -0.1) is 22.7 Å². The minimum atomic E-state index is -3.45. The minimum absolute atomic E-state index is 0.323. The topological polar surface area (TPSA) is 37.4 Å². The first-order chi connectivity index (χ1) is 8.41. The summed E-state index contributed by atoms with van der Waals surface area (Å²) in [6.45, 7) is 0.323. The fraction of sp³-hybridized carbons (Fsp3) is 0.200. The Morgan fingerprint density at radius 2 is 2.11 bits per heavy atom. The predicted octanol–water partition coefficient (Wildman–Crippen LogP) is 4.05. The van der Waals surface area contributed by atoms with Crippen LogP contribution in [0.3, 0.4) is 0 Å². The van der Waals surface area contributed by atoms with Crippen LogP contribution in [-0.4, -0.2) is 19.8 Å². The number of rotatable bonds is 4. The molecule has 0 radical (unpaired) electrons. The number of halogens is 2. The van der Waals surface area contributed by atoms with Gasteiger partial charge in [-0.2, -0.15) is 4.31 Å².